The number of likely N-dealkylation sites (N-methyl/N-ethyl adjacent to an activating group) is 1. The lowest BCUT2D eigenvalue weighted by Gasteiger charge is -2.45. The van der Waals surface area contributed by atoms with E-state index < -0.39 is 17.8 Å². The van der Waals surface area contributed by atoms with Crippen LogP contribution >= 0.6 is 0 Å². The molecule has 38 heavy (non-hydrogen) atoms. The molecule has 1 N–H and O–H groups in total. The molecule has 10 heteroatoms. The van der Waals surface area contributed by atoms with E-state index in [0.717, 1.165) is 19.3 Å². The van der Waals surface area contributed by atoms with Crippen molar-refractivity contribution in [1.82, 2.24) is 20.0 Å². The largest absolute Gasteiger partial charge is 0.490 e. The van der Waals surface area contributed by atoms with E-state index in [0.29, 0.717) is 60.3 Å². The second-order valence-corrected chi connectivity index (χ2v) is 10.3. The van der Waals surface area contributed by atoms with Crippen molar-refractivity contribution in [3.05, 3.63) is 69.4 Å². The van der Waals surface area contributed by atoms with Gasteiger partial charge in [-0.05, 0) is 55.2 Å². The minimum absolute atomic E-state index is 0.0278. The zero-order chi connectivity index (χ0) is 26.4. The number of hydrogen-bond acceptors (Lipinski definition) is 6. The van der Waals surface area contributed by atoms with E-state index in [1.54, 1.807) is 30.1 Å². The number of nitrogens with one attached hydrogen (secondary N) is 1. The van der Waals surface area contributed by atoms with Crippen molar-refractivity contribution in [3.8, 4) is 5.75 Å². The zero-order valence-corrected chi connectivity index (χ0v) is 21.1. The number of benzene rings is 2. The van der Waals surface area contributed by atoms with Crippen LogP contribution in [0.3, 0.4) is 0 Å². The number of amides is 2. The SMILES string of the molecule is CN(C(=O)C1CCO1)C1CN(C(=O)c2cc(Cc3n[nH]c(=O)c4ccc(OC5CCC5)cc34)ccc2F)C1. The quantitative estimate of drug-likeness (QED) is 0.514. The van der Waals surface area contributed by atoms with Gasteiger partial charge in [0.15, 0.2) is 0 Å². The molecule has 1 saturated carbocycles. The van der Waals surface area contributed by atoms with E-state index in [1.165, 1.54) is 17.0 Å². The van der Waals surface area contributed by atoms with Gasteiger partial charge in [-0.1, -0.05) is 6.07 Å². The van der Waals surface area contributed by atoms with Gasteiger partial charge in [-0.2, -0.15) is 5.10 Å². The summed E-state index contributed by atoms with van der Waals surface area (Å²) in [5.74, 6) is -0.421. The molecule has 6 rings (SSSR count). The summed E-state index contributed by atoms with van der Waals surface area (Å²) < 4.78 is 26.0. The predicted octanol–water partition coefficient (Wildman–Crippen LogP) is 2.66. The maximum atomic E-state index is 14.7. The molecule has 1 atom stereocenters. The molecule has 3 aliphatic rings. The van der Waals surface area contributed by atoms with Crippen molar-refractivity contribution < 1.29 is 23.5 Å². The lowest BCUT2D eigenvalue weighted by molar-refractivity contribution is -0.159. The molecule has 1 aromatic heterocycles. The smallest absolute Gasteiger partial charge is 0.272 e. The van der Waals surface area contributed by atoms with Gasteiger partial charge in [-0.15, -0.1) is 0 Å². The Morgan fingerprint density at radius 3 is 2.63 bits per heavy atom. The maximum absolute atomic E-state index is 14.7. The van der Waals surface area contributed by atoms with Crippen LogP contribution in [0.2, 0.25) is 0 Å². The van der Waals surface area contributed by atoms with Crippen LogP contribution in [0, 0.1) is 5.82 Å². The monoisotopic (exact) mass is 520 g/mol. The number of ether oxygens (including phenoxy) is 2. The third kappa shape index (κ3) is 4.53. The van der Waals surface area contributed by atoms with Crippen molar-refractivity contribution in [1.29, 1.82) is 0 Å². The van der Waals surface area contributed by atoms with Gasteiger partial charge in [0.05, 0.1) is 35.4 Å². The molecule has 9 nitrogen and oxygen atoms in total. The fourth-order valence-electron chi connectivity index (χ4n) is 5.00. The Balaban J connectivity index is 1.18. The summed E-state index contributed by atoms with van der Waals surface area (Å²) in [7, 11) is 1.71. The number of carbonyl (C=O) groups is 2. The molecule has 2 aliphatic heterocycles. The lowest BCUT2D eigenvalue weighted by atomic mass is 9.96. The molecule has 2 saturated heterocycles. The molecular formula is C28H29FN4O5. The number of aromatic amines is 1. The molecule has 3 heterocycles. The highest BCUT2D eigenvalue weighted by atomic mass is 19.1. The second kappa shape index (κ2) is 9.83. The molecule has 2 amide bonds. The number of nitrogens with zero attached hydrogens (tertiary/aromatic N) is 3. The van der Waals surface area contributed by atoms with Crippen molar-refractivity contribution in [3.63, 3.8) is 0 Å². The van der Waals surface area contributed by atoms with Crippen LogP contribution in [0.5, 0.6) is 5.75 Å². The summed E-state index contributed by atoms with van der Waals surface area (Å²) in [6.45, 7) is 1.27. The van der Waals surface area contributed by atoms with Gasteiger partial charge in [-0.3, -0.25) is 14.4 Å². The summed E-state index contributed by atoms with van der Waals surface area (Å²) in [5, 5.41) is 7.95. The second-order valence-electron chi connectivity index (χ2n) is 10.3. The van der Waals surface area contributed by atoms with Gasteiger partial charge in [-0.25, -0.2) is 9.49 Å². The minimum atomic E-state index is -0.607. The van der Waals surface area contributed by atoms with Gasteiger partial charge < -0.3 is 19.3 Å². The van der Waals surface area contributed by atoms with Crippen LogP contribution in [0.4, 0.5) is 4.39 Å². The first-order valence-corrected chi connectivity index (χ1v) is 13.0. The topological polar surface area (TPSA) is 105 Å². The summed E-state index contributed by atoms with van der Waals surface area (Å²) in [6.07, 6.45) is 4.00. The van der Waals surface area contributed by atoms with E-state index in [1.807, 2.05) is 6.07 Å². The number of carbonyl (C=O) groups excluding carboxylic acids is 2. The molecule has 3 fully saturated rings. The molecule has 198 valence electrons. The first-order chi connectivity index (χ1) is 18.4. The van der Waals surface area contributed by atoms with Gasteiger partial charge >= 0.3 is 0 Å². The number of aromatic nitrogens is 2. The third-order valence-electron chi connectivity index (χ3n) is 7.85. The highest BCUT2D eigenvalue weighted by Crippen LogP contribution is 2.29. The van der Waals surface area contributed by atoms with Gasteiger partial charge in [0, 0.05) is 38.4 Å². The number of halogens is 1. The van der Waals surface area contributed by atoms with Crippen LogP contribution in [0.1, 0.15) is 47.3 Å². The Labute approximate surface area is 218 Å². The van der Waals surface area contributed by atoms with Crippen molar-refractivity contribution in [2.24, 2.45) is 0 Å². The molecule has 0 spiro atoms. The van der Waals surface area contributed by atoms with Crippen LogP contribution in [0.25, 0.3) is 10.8 Å². The van der Waals surface area contributed by atoms with Crippen LogP contribution in [0.15, 0.2) is 41.2 Å². The first-order valence-electron chi connectivity index (χ1n) is 13.0. The van der Waals surface area contributed by atoms with Gasteiger partial charge in [0.25, 0.3) is 17.4 Å². The number of hydrogen-bond donors (Lipinski definition) is 1. The Kier molecular flexibility index (Phi) is 6.35. The first kappa shape index (κ1) is 24.5. The van der Waals surface area contributed by atoms with E-state index in [9.17, 15) is 18.8 Å². The van der Waals surface area contributed by atoms with Gasteiger partial charge in [0.1, 0.15) is 17.7 Å². The Morgan fingerprint density at radius 1 is 1.16 bits per heavy atom. The van der Waals surface area contributed by atoms with Gasteiger partial charge in [0.2, 0.25) is 0 Å². The predicted molar refractivity (Wildman–Crippen MR) is 137 cm³/mol. The molecule has 1 unspecified atom stereocenters. The average molecular weight is 521 g/mol. The lowest BCUT2D eigenvalue weighted by Crippen LogP contribution is -2.63. The summed E-state index contributed by atoms with van der Waals surface area (Å²) in [5.41, 5.74) is 0.965. The van der Waals surface area contributed by atoms with Crippen LogP contribution in [-0.4, -0.2) is 76.8 Å². The fraction of sp³-hybridized carbons (Fsp3) is 0.429. The number of fused-ring (bicyclic) bond motifs is 1. The normalized spacial score (nSPS) is 19.4. The highest BCUT2D eigenvalue weighted by Gasteiger charge is 2.39. The third-order valence-corrected chi connectivity index (χ3v) is 7.85. The number of likely N-dealkylation sites (tertiary alicyclic amines) is 1. The maximum Gasteiger partial charge on any atom is 0.272 e. The standard InChI is InChI=1S/C28H29FN4O5/c1-32(28(36)25-9-10-37-25)17-14-33(15-17)27(35)22-11-16(5-8-23(22)29)12-24-21-13-19(38-18-3-2-4-18)6-7-20(21)26(34)31-30-24/h5-8,11,13,17-18,25H,2-4,9-10,12,14-15H2,1H3,(H,31,34). The van der Waals surface area contributed by atoms with Crippen LogP contribution in [-0.2, 0) is 16.0 Å². The molecule has 2 aromatic carbocycles. The minimum Gasteiger partial charge on any atom is -0.490 e. The Hall–Kier alpha value is -3.79. The van der Waals surface area contributed by atoms with Crippen LogP contribution < -0.4 is 10.3 Å². The van der Waals surface area contributed by atoms with E-state index in [2.05, 4.69) is 10.2 Å². The zero-order valence-electron chi connectivity index (χ0n) is 21.1. The summed E-state index contributed by atoms with van der Waals surface area (Å²) >= 11 is 0. The van der Waals surface area contributed by atoms with Crippen molar-refractivity contribution in [2.75, 3.05) is 26.7 Å². The molecule has 0 bridgehead atoms. The average Bonchev–Trinajstić information content (AvgIpc) is 2.82. The molecule has 1 aliphatic carbocycles. The highest BCUT2D eigenvalue weighted by molar-refractivity contribution is 5.95. The van der Waals surface area contributed by atoms with E-state index >= 15 is 0 Å². The summed E-state index contributed by atoms with van der Waals surface area (Å²) in [4.78, 5) is 41.0. The Bertz CT molecular complexity index is 1460. The molecular weight excluding hydrogens is 491 g/mol. The van der Waals surface area contributed by atoms with Crippen molar-refractivity contribution >= 4 is 22.6 Å². The van der Waals surface area contributed by atoms with Crippen molar-refractivity contribution in [2.45, 2.75) is 50.4 Å². The number of rotatable bonds is 7. The molecule has 0 radical (unpaired) electrons. The van der Waals surface area contributed by atoms with E-state index in [-0.39, 0.29) is 29.2 Å². The Morgan fingerprint density at radius 2 is 1.95 bits per heavy atom. The fourth-order valence-corrected chi connectivity index (χ4v) is 5.00. The number of H-pyrrole nitrogens is 1. The molecule has 3 aromatic rings. The van der Waals surface area contributed by atoms with E-state index in [4.69, 9.17) is 9.47 Å². The summed E-state index contributed by atoms with van der Waals surface area (Å²) in [6, 6.07) is 9.66.